The fourth-order valence-electron chi connectivity index (χ4n) is 2.42. The Morgan fingerprint density at radius 3 is 2.54 bits per heavy atom. The molecule has 3 rings (SSSR count). The second kappa shape index (κ2) is 8.20. The maximum atomic E-state index is 13.3. The summed E-state index contributed by atoms with van der Waals surface area (Å²) in [5.41, 5.74) is 2.72. The van der Waals surface area contributed by atoms with Gasteiger partial charge in [-0.15, -0.1) is 0 Å². The summed E-state index contributed by atoms with van der Waals surface area (Å²) in [5, 5.41) is 5.91. The molecular formula is C20H19FN4O. The molecule has 0 atom stereocenters. The van der Waals surface area contributed by atoms with Crippen LogP contribution in [0.4, 0.5) is 16.0 Å². The van der Waals surface area contributed by atoms with Crippen LogP contribution in [0.2, 0.25) is 0 Å². The van der Waals surface area contributed by atoms with Crippen molar-refractivity contribution in [3.8, 4) is 11.1 Å². The van der Waals surface area contributed by atoms with E-state index < -0.39 is 0 Å². The van der Waals surface area contributed by atoms with Gasteiger partial charge in [0, 0.05) is 35.8 Å². The van der Waals surface area contributed by atoms with Crippen LogP contribution in [0.1, 0.15) is 23.7 Å². The van der Waals surface area contributed by atoms with E-state index in [-0.39, 0.29) is 11.7 Å². The van der Waals surface area contributed by atoms with E-state index in [0.29, 0.717) is 29.3 Å². The molecule has 0 bridgehead atoms. The lowest BCUT2D eigenvalue weighted by Crippen LogP contribution is -2.23. The van der Waals surface area contributed by atoms with E-state index in [1.807, 2.05) is 13.0 Å². The predicted octanol–water partition coefficient (Wildman–Crippen LogP) is 4.17. The molecule has 1 aromatic heterocycles. The smallest absolute Gasteiger partial charge is 0.251 e. The zero-order valence-corrected chi connectivity index (χ0v) is 14.4. The van der Waals surface area contributed by atoms with Crippen LogP contribution in [0.3, 0.4) is 0 Å². The van der Waals surface area contributed by atoms with Crippen molar-refractivity contribution in [2.45, 2.75) is 13.3 Å². The molecular weight excluding hydrogens is 331 g/mol. The molecule has 0 radical (unpaired) electrons. The van der Waals surface area contributed by atoms with Crippen LogP contribution in [-0.2, 0) is 0 Å². The van der Waals surface area contributed by atoms with Crippen molar-refractivity contribution in [2.75, 3.05) is 11.9 Å². The fourth-order valence-corrected chi connectivity index (χ4v) is 2.42. The number of aromatic nitrogens is 2. The minimum absolute atomic E-state index is 0.113. The van der Waals surface area contributed by atoms with E-state index in [1.54, 1.807) is 42.7 Å². The first-order valence-corrected chi connectivity index (χ1v) is 8.39. The number of carbonyl (C=O) groups is 1. The number of nitrogens with one attached hydrogen (secondary N) is 2. The van der Waals surface area contributed by atoms with Gasteiger partial charge in [0.2, 0.25) is 5.95 Å². The van der Waals surface area contributed by atoms with E-state index >= 15 is 0 Å². The molecule has 2 N–H and O–H groups in total. The monoisotopic (exact) mass is 350 g/mol. The molecule has 3 aromatic rings. The van der Waals surface area contributed by atoms with Gasteiger partial charge in [0.25, 0.3) is 5.91 Å². The van der Waals surface area contributed by atoms with Gasteiger partial charge in [0.05, 0.1) is 0 Å². The molecule has 0 aliphatic heterocycles. The molecule has 5 nitrogen and oxygen atoms in total. The number of carbonyl (C=O) groups excluding carboxylic acids is 1. The van der Waals surface area contributed by atoms with Gasteiger partial charge in [-0.05, 0) is 42.3 Å². The number of rotatable bonds is 6. The maximum Gasteiger partial charge on any atom is 0.251 e. The van der Waals surface area contributed by atoms with Gasteiger partial charge < -0.3 is 10.6 Å². The van der Waals surface area contributed by atoms with Crippen molar-refractivity contribution in [3.05, 3.63) is 72.3 Å². The van der Waals surface area contributed by atoms with E-state index in [2.05, 4.69) is 20.6 Å². The molecule has 132 valence electrons. The van der Waals surface area contributed by atoms with Crippen molar-refractivity contribution < 1.29 is 9.18 Å². The normalized spacial score (nSPS) is 10.4. The Bertz CT molecular complexity index is 896. The summed E-state index contributed by atoms with van der Waals surface area (Å²) >= 11 is 0. The van der Waals surface area contributed by atoms with Gasteiger partial charge in [0.1, 0.15) is 5.82 Å². The lowest BCUT2D eigenvalue weighted by Gasteiger charge is -2.08. The van der Waals surface area contributed by atoms with Crippen molar-refractivity contribution in [1.82, 2.24) is 15.3 Å². The third kappa shape index (κ3) is 4.42. The summed E-state index contributed by atoms with van der Waals surface area (Å²) in [6, 6.07) is 13.4. The maximum absolute atomic E-state index is 13.3. The molecule has 0 saturated carbocycles. The lowest BCUT2D eigenvalue weighted by molar-refractivity contribution is 0.0953. The second-order valence-corrected chi connectivity index (χ2v) is 5.77. The lowest BCUT2D eigenvalue weighted by atomic mass is 10.1. The van der Waals surface area contributed by atoms with Crippen LogP contribution in [0.25, 0.3) is 11.1 Å². The molecule has 1 heterocycles. The summed E-state index contributed by atoms with van der Waals surface area (Å²) in [6.45, 7) is 2.64. The minimum atomic E-state index is -0.303. The van der Waals surface area contributed by atoms with Crippen LogP contribution in [0.15, 0.2) is 60.9 Å². The zero-order valence-electron chi connectivity index (χ0n) is 14.4. The molecule has 0 spiro atoms. The Balaban J connectivity index is 1.72. The number of nitrogens with zero attached hydrogens (tertiary/aromatic N) is 2. The van der Waals surface area contributed by atoms with Crippen molar-refractivity contribution in [3.63, 3.8) is 0 Å². The highest BCUT2D eigenvalue weighted by Crippen LogP contribution is 2.20. The number of hydrogen-bond donors (Lipinski definition) is 2. The van der Waals surface area contributed by atoms with Gasteiger partial charge >= 0.3 is 0 Å². The summed E-state index contributed by atoms with van der Waals surface area (Å²) in [7, 11) is 0. The average molecular weight is 350 g/mol. The molecule has 6 heteroatoms. The van der Waals surface area contributed by atoms with Crippen LogP contribution < -0.4 is 10.6 Å². The number of anilines is 2. The summed E-state index contributed by atoms with van der Waals surface area (Å²) < 4.78 is 13.3. The predicted molar refractivity (Wildman–Crippen MR) is 99.8 cm³/mol. The van der Waals surface area contributed by atoms with Gasteiger partial charge in [-0.1, -0.05) is 25.1 Å². The summed E-state index contributed by atoms with van der Waals surface area (Å²) in [6.07, 6.45) is 4.14. The molecule has 0 aliphatic carbocycles. The molecule has 26 heavy (non-hydrogen) atoms. The Hall–Kier alpha value is -3.28. The molecule has 0 saturated heterocycles. The van der Waals surface area contributed by atoms with Gasteiger partial charge in [-0.25, -0.2) is 14.4 Å². The first-order chi connectivity index (χ1) is 12.7. The van der Waals surface area contributed by atoms with Crippen LogP contribution >= 0.6 is 0 Å². The SMILES string of the molecule is CCCNC(=O)c1cccc(Nc2ncc(-c3cccc(F)c3)cn2)c1. The standard InChI is InChI=1S/C20H19FN4O/c1-2-9-22-19(26)15-6-4-8-18(11-15)25-20-23-12-16(13-24-20)14-5-3-7-17(21)10-14/h3-8,10-13H,2,9H2,1H3,(H,22,26)(H,23,24,25). The van der Waals surface area contributed by atoms with Crippen LogP contribution in [0, 0.1) is 5.82 Å². The van der Waals surface area contributed by atoms with Crippen molar-refractivity contribution in [2.24, 2.45) is 0 Å². The van der Waals surface area contributed by atoms with E-state index in [1.165, 1.54) is 12.1 Å². The van der Waals surface area contributed by atoms with Crippen LogP contribution in [-0.4, -0.2) is 22.4 Å². The minimum Gasteiger partial charge on any atom is -0.352 e. The molecule has 0 unspecified atom stereocenters. The Morgan fingerprint density at radius 2 is 1.81 bits per heavy atom. The molecule has 1 amide bonds. The number of benzene rings is 2. The van der Waals surface area contributed by atoms with Crippen molar-refractivity contribution >= 4 is 17.5 Å². The van der Waals surface area contributed by atoms with E-state index in [0.717, 1.165) is 12.0 Å². The number of halogens is 1. The highest BCUT2D eigenvalue weighted by Gasteiger charge is 2.07. The number of amides is 1. The topological polar surface area (TPSA) is 66.9 Å². The largest absolute Gasteiger partial charge is 0.352 e. The van der Waals surface area contributed by atoms with Crippen LogP contribution in [0.5, 0.6) is 0 Å². The summed E-state index contributed by atoms with van der Waals surface area (Å²) in [4.78, 5) is 20.6. The average Bonchev–Trinajstić information content (AvgIpc) is 2.67. The molecule has 0 fully saturated rings. The van der Waals surface area contributed by atoms with E-state index in [9.17, 15) is 9.18 Å². The summed E-state index contributed by atoms with van der Waals surface area (Å²) in [5.74, 6) is -0.0167. The Labute approximate surface area is 151 Å². The van der Waals surface area contributed by atoms with Gasteiger partial charge in [-0.2, -0.15) is 0 Å². The molecule has 2 aromatic carbocycles. The third-order valence-electron chi connectivity index (χ3n) is 3.73. The Kier molecular flexibility index (Phi) is 5.53. The first-order valence-electron chi connectivity index (χ1n) is 8.39. The number of hydrogen-bond acceptors (Lipinski definition) is 4. The zero-order chi connectivity index (χ0) is 18.4. The van der Waals surface area contributed by atoms with E-state index in [4.69, 9.17) is 0 Å². The second-order valence-electron chi connectivity index (χ2n) is 5.77. The van der Waals surface area contributed by atoms with Crippen molar-refractivity contribution in [1.29, 1.82) is 0 Å². The van der Waals surface area contributed by atoms with Gasteiger partial charge in [0.15, 0.2) is 0 Å². The van der Waals surface area contributed by atoms with Gasteiger partial charge in [-0.3, -0.25) is 4.79 Å². The highest BCUT2D eigenvalue weighted by molar-refractivity contribution is 5.95. The fraction of sp³-hybridized carbons (Fsp3) is 0.150. The Morgan fingerprint density at radius 1 is 1.04 bits per heavy atom. The highest BCUT2D eigenvalue weighted by atomic mass is 19.1. The molecule has 0 aliphatic rings. The first kappa shape index (κ1) is 17.5. The quantitative estimate of drug-likeness (QED) is 0.700. The third-order valence-corrected chi connectivity index (χ3v) is 3.73.